The summed E-state index contributed by atoms with van der Waals surface area (Å²) in [6.07, 6.45) is 4.17. The van der Waals surface area contributed by atoms with Gasteiger partial charge in [0.2, 0.25) is 0 Å². The highest BCUT2D eigenvalue weighted by Crippen LogP contribution is 2.44. The summed E-state index contributed by atoms with van der Waals surface area (Å²) in [5, 5.41) is 12.1. The summed E-state index contributed by atoms with van der Waals surface area (Å²) < 4.78 is 5.55. The Balaban J connectivity index is 1.24. The van der Waals surface area contributed by atoms with E-state index in [4.69, 9.17) is 4.74 Å². The van der Waals surface area contributed by atoms with E-state index in [0.29, 0.717) is 19.6 Å². The summed E-state index contributed by atoms with van der Waals surface area (Å²) in [6.45, 7) is 4.15. The second-order valence-electron chi connectivity index (χ2n) is 9.00. The van der Waals surface area contributed by atoms with Crippen molar-refractivity contribution in [3.8, 4) is 11.1 Å². The standard InChI is InChI=1S/C29H29NO4/c1-29(2,27(31)32)21-16-14-20(15-17-21)9-7-8-18-30-28(33)34-19-26-24-12-5-3-10-22(24)23-11-4-6-13-25(23)26/h3-7,9-17,26H,8,18-19H2,1-2H3,(H,30,33)(H,31,32). The minimum Gasteiger partial charge on any atom is -0.481 e. The summed E-state index contributed by atoms with van der Waals surface area (Å²) in [4.78, 5) is 23.6. The van der Waals surface area contributed by atoms with Gasteiger partial charge in [-0.05, 0) is 53.6 Å². The Morgan fingerprint density at radius 2 is 1.53 bits per heavy atom. The molecule has 0 radical (unpaired) electrons. The fraction of sp³-hybridized carbons (Fsp3) is 0.241. The molecule has 0 aliphatic heterocycles. The van der Waals surface area contributed by atoms with Gasteiger partial charge in [0.25, 0.3) is 0 Å². The Bertz CT molecular complexity index is 1170. The molecule has 0 atom stereocenters. The first-order valence-corrected chi connectivity index (χ1v) is 11.5. The van der Waals surface area contributed by atoms with Gasteiger partial charge in [-0.1, -0.05) is 84.9 Å². The summed E-state index contributed by atoms with van der Waals surface area (Å²) in [5.41, 5.74) is 5.61. The van der Waals surface area contributed by atoms with Gasteiger partial charge in [0.15, 0.2) is 0 Å². The minimum atomic E-state index is -0.921. The number of carboxylic acid groups (broad SMARTS) is 1. The molecule has 0 saturated carbocycles. The molecule has 34 heavy (non-hydrogen) atoms. The van der Waals surface area contributed by atoms with Crippen LogP contribution in [0.3, 0.4) is 0 Å². The molecule has 0 fully saturated rings. The van der Waals surface area contributed by atoms with Gasteiger partial charge in [-0.2, -0.15) is 0 Å². The summed E-state index contributed by atoms with van der Waals surface area (Å²) >= 11 is 0. The Morgan fingerprint density at radius 1 is 0.941 bits per heavy atom. The minimum absolute atomic E-state index is 0.0483. The zero-order valence-electron chi connectivity index (χ0n) is 19.5. The van der Waals surface area contributed by atoms with Crippen LogP contribution in [0.4, 0.5) is 4.79 Å². The summed E-state index contributed by atoms with van der Waals surface area (Å²) in [7, 11) is 0. The first-order chi connectivity index (χ1) is 16.4. The third kappa shape index (κ3) is 4.88. The molecule has 0 heterocycles. The van der Waals surface area contributed by atoms with Crippen molar-refractivity contribution in [1.82, 2.24) is 5.32 Å². The SMILES string of the molecule is CC(C)(C(=O)O)c1ccc(C=CCCNC(=O)OCC2c3ccccc3-c3ccccc32)cc1. The van der Waals surface area contributed by atoms with Crippen molar-refractivity contribution in [3.05, 3.63) is 101 Å². The van der Waals surface area contributed by atoms with Crippen LogP contribution in [0.1, 0.15) is 48.4 Å². The molecule has 0 spiro atoms. The van der Waals surface area contributed by atoms with Gasteiger partial charge >= 0.3 is 12.1 Å². The van der Waals surface area contributed by atoms with E-state index < -0.39 is 17.5 Å². The van der Waals surface area contributed by atoms with Crippen LogP contribution in [-0.2, 0) is 14.9 Å². The van der Waals surface area contributed by atoms with Gasteiger partial charge in [-0.25, -0.2) is 4.79 Å². The van der Waals surface area contributed by atoms with E-state index in [1.807, 2.05) is 60.7 Å². The molecule has 3 aromatic rings. The smallest absolute Gasteiger partial charge is 0.407 e. The van der Waals surface area contributed by atoms with Crippen molar-refractivity contribution in [2.45, 2.75) is 31.6 Å². The quantitative estimate of drug-likeness (QED) is 0.409. The summed E-state index contributed by atoms with van der Waals surface area (Å²) in [5.74, 6) is -0.803. The van der Waals surface area contributed by atoms with Crippen LogP contribution in [0.2, 0.25) is 0 Å². The number of benzene rings is 3. The van der Waals surface area contributed by atoms with E-state index >= 15 is 0 Å². The largest absolute Gasteiger partial charge is 0.481 e. The van der Waals surface area contributed by atoms with E-state index in [1.165, 1.54) is 22.3 Å². The number of hydrogen-bond donors (Lipinski definition) is 2. The van der Waals surface area contributed by atoms with Crippen LogP contribution in [0.15, 0.2) is 78.9 Å². The monoisotopic (exact) mass is 455 g/mol. The van der Waals surface area contributed by atoms with Crippen molar-refractivity contribution < 1.29 is 19.4 Å². The van der Waals surface area contributed by atoms with Gasteiger partial charge < -0.3 is 15.2 Å². The molecule has 0 aromatic heterocycles. The number of hydrogen-bond acceptors (Lipinski definition) is 3. The number of alkyl carbamates (subject to hydrolysis) is 1. The second-order valence-corrected chi connectivity index (χ2v) is 9.00. The lowest BCUT2D eigenvalue weighted by Crippen LogP contribution is -2.28. The molecule has 5 nitrogen and oxygen atoms in total. The molecular weight excluding hydrogens is 426 g/mol. The molecule has 2 N–H and O–H groups in total. The third-order valence-electron chi connectivity index (χ3n) is 6.40. The maximum atomic E-state index is 12.2. The van der Waals surface area contributed by atoms with Gasteiger partial charge in [0.1, 0.15) is 6.61 Å². The highest BCUT2D eigenvalue weighted by atomic mass is 16.5. The molecule has 174 valence electrons. The van der Waals surface area contributed by atoms with E-state index in [-0.39, 0.29) is 5.92 Å². The van der Waals surface area contributed by atoms with Crippen LogP contribution in [0.25, 0.3) is 17.2 Å². The van der Waals surface area contributed by atoms with E-state index in [0.717, 1.165) is 11.1 Å². The van der Waals surface area contributed by atoms with E-state index in [1.54, 1.807) is 13.8 Å². The number of rotatable bonds is 8. The zero-order chi connectivity index (χ0) is 24.1. The molecule has 0 bridgehead atoms. The molecular formula is C29H29NO4. The average Bonchev–Trinajstić information content (AvgIpc) is 3.16. The van der Waals surface area contributed by atoms with E-state index in [9.17, 15) is 14.7 Å². The lowest BCUT2D eigenvalue weighted by molar-refractivity contribution is -0.142. The van der Waals surface area contributed by atoms with Gasteiger partial charge in [0, 0.05) is 12.5 Å². The maximum absolute atomic E-state index is 12.2. The number of aliphatic carboxylic acids is 1. The van der Waals surface area contributed by atoms with Crippen molar-refractivity contribution in [2.24, 2.45) is 0 Å². The lowest BCUT2D eigenvalue weighted by atomic mass is 9.84. The molecule has 1 aliphatic rings. The molecule has 0 unspecified atom stereocenters. The molecule has 1 amide bonds. The van der Waals surface area contributed by atoms with Gasteiger partial charge in [0.05, 0.1) is 5.41 Å². The van der Waals surface area contributed by atoms with Crippen LogP contribution in [0, 0.1) is 0 Å². The van der Waals surface area contributed by atoms with Crippen molar-refractivity contribution in [1.29, 1.82) is 0 Å². The van der Waals surface area contributed by atoms with Crippen LogP contribution in [0.5, 0.6) is 0 Å². The molecule has 4 rings (SSSR count). The van der Waals surface area contributed by atoms with Crippen LogP contribution >= 0.6 is 0 Å². The van der Waals surface area contributed by atoms with Crippen molar-refractivity contribution >= 4 is 18.1 Å². The second kappa shape index (κ2) is 9.96. The van der Waals surface area contributed by atoms with Crippen molar-refractivity contribution in [3.63, 3.8) is 0 Å². The molecule has 1 aliphatic carbocycles. The number of ether oxygens (including phenoxy) is 1. The summed E-state index contributed by atoms with van der Waals surface area (Å²) in [6, 6.07) is 24.0. The molecule has 3 aromatic carbocycles. The predicted octanol–water partition coefficient (Wildman–Crippen LogP) is 5.99. The zero-order valence-corrected chi connectivity index (χ0v) is 19.5. The number of amides is 1. The predicted molar refractivity (Wildman–Crippen MR) is 134 cm³/mol. The number of carbonyl (C=O) groups excluding carboxylic acids is 1. The average molecular weight is 456 g/mol. The number of carboxylic acids is 1. The Kier molecular flexibility index (Phi) is 6.82. The first-order valence-electron chi connectivity index (χ1n) is 11.5. The third-order valence-corrected chi connectivity index (χ3v) is 6.40. The molecule has 0 saturated heterocycles. The highest BCUT2D eigenvalue weighted by Gasteiger charge is 2.29. The number of carbonyl (C=O) groups is 2. The Labute approximate surface area is 200 Å². The van der Waals surface area contributed by atoms with Crippen LogP contribution in [-0.4, -0.2) is 30.3 Å². The maximum Gasteiger partial charge on any atom is 0.407 e. The Hall–Kier alpha value is -3.86. The number of nitrogens with one attached hydrogen (secondary N) is 1. The first kappa shape index (κ1) is 23.3. The van der Waals surface area contributed by atoms with Gasteiger partial charge in [-0.15, -0.1) is 0 Å². The van der Waals surface area contributed by atoms with Crippen LogP contribution < -0.4 is 5.32 Å². The lowest BCUT2D eigenvalue weighted by Gasteiger charge is -2.19. The number of fused-ring (bicyclic) bond motifs is 3. The molecule has 5 heteroatoms. The van der Waals surface area contributed by atoms with Gasteiger partial charge in [-0.3, -0.25) is 4.79 Å². The van der Waals surface area contributed by atoms with Crippen molar-refractivity contribution in [2.75, 3.05) is 13.2 Å². The topological polar surface area (TPSA) is 75.6 Å². The highest BCUT2D eigenvalue weighted by molar-refractivity contribution is 5.80. The normalized spacial score (nSPS) is 12.9. The van der Waals surface area contributed by atoms with E-state index in [2.05, 4.69) is 29.6 Å². The Morgan fingerprint density at radius 3 is 2.12 bits per heavy atom. The fourth-order valence-corrected chi connectivity index (χ4v) is 4.26. The fourth-order valence-electron chi connectivity index (χ4n) is 4.26.